The van der Waals surface area contributed by atoms with Crippen LogP contribution in [0.3, 0.4) is 0 Å². The molecule has 1 unspecified atom stereocenters. The molecule has 0 radical (unpaired) electrons. The fraction of sp³-hybridized carbons (Fsp3) is 0.143. The molecular weight excluding hydrogens is 360 g/mol. The van der Waals surface area contributed by atoms with Crippen LogP contribution < -0.4 is 10.6 Å². The number of para-hydroxylation sites is 1. The fourth-order valence-electron chi connectivity index (χ4n) is 2.66. The van der Waals surface area contributed by atoms with E-state index in [1.165, 1.54) is 11.3 Å². The van der Waals surface area contributed by atoms with Crippen molar-refractivity contribution in [3.05, 3.63) is 88.1 Å². The Hall–Kier alpha value is -3.12. The Morgan fingerprint density at radius 1 is 0.963 bits per heavy atom. The Balaban J connectivity index is 1.70. The number of carbonyl (C=O) groups excluding carboxylic acids is 2. The van der Waals surface area contributed by atoms with E-state index in [1.807, 2.05) is 35.7 Å². The summed E-state index contributed by atoms with van der Waals surface area (Å²) >= 11 is 1.33. The highest BCUT2D eigenvalue weighted by Gasteiger charge is 2.22. The van der Waals surface area contributed by atoms with Gasteiger partial charge in [-0.25, -0.2) is 0 Å². The lowest BCUT2D eigenvalue weighted by Crippen LogP contribution is -2.47. The number of amides is 2. The first-order valence-corrected chi connectivity index (χ1v) is 9.44. The highest BCUT2D eigenvalue weighted by molar-refractivity contribution is 7.12. The van der Waals surface area contributed by atoms with Crippen molar-refractivity contribution in [3.63, 3.8) is 0 Å². The minimum absolute atomic E-state index is 0.125. The molecule has 2 aromatic carbocycles. The number of benzene rings is 2. The van der Waals surface area contributed by atoms with E-state index in [-0.39, 0.29) is 24.1 Å². The van der Waals surface area contributed by atoms with Gasteiger partial charge in [0, 0.05) is 18.5 Å². The summed E-state index contributed by atoms with van der Waals surface area (Å²) in [6.45, 7) is 0.186. The largest absolute Gasteiger partial charge is 0.508 e. The van der Waals surface area contributed by atoms with E-state index in [2.05, 4.69) is 10.6 Å². The van der Waals surface area contributed by atoms with Crippen LogP contribution in [0.4, 0.5) is 0 Å². The molecule has 3 N–H and O–H groups in total. The molecule has 3 rings (SSSR count). The predicted octanol–water partition coefficient (Wildman–Crippen LogP) is 3.11. The number of nitrogens with one attached hydrogen (secondary N) is 2. The van der Waals surface area contributed by atoms with Crippen molar-refractivity contribution in [2.45, 2.75) is 19.0 Å². The number of rotatable bonds is 7. The zero-order chi connectivity index (χ0) is 19.1. The van der Waals surface area contributed by atoms with E-state index in [0.29, 0.717) is 16.9 Å². The third-order valence-electron chi connectivity index (χ3n) is 4.09. The van der Waals surface area contributed by atoms with Crippen molar-refractivity contribution in [1.29, 1.82) is 0 Å². The van der Waals surface area contributed by atoms with Gasteiger partial charge in [-0.3, -0.25) is 9.59 Å². The average molecular weight is 380 g/mol. The number of carbonyl (C=O) groups is 2. The quantitative estimate of drug-likeness (QED) is 0.589. The van der Waals surface area contributed by atoms with Crippen molar-refractivity contribution in [1.82, 2.24) is 10.6 Å². The number of hydrogen-bond acceptors (Lipinski definition) is 4. The van der Waals surface area contributed by atoms with Crippen LogP contribution in [0.25, 0.3) is 0 Å². The summed E-state index contributed by atoms with van der Waals surface area (Å²) in [5, 5.41) is 17.3. The van der Waals surface area contributed by atoms with Gasteiger partial charge in [-0.05, 0) is 23.1 Å². The van der Waals surface area contributed by atoms with Crippen molar-refractivity contribution in [2.75, 3.05) is 0 Å². The molecule has 0 saturated carbocycles. The number of aromatic hydroxyl groups is 1. The van der Waals surface area contributed by atoms with Crippen molar-refractivity contribution < 1.29 is 14.7 Å². The van der Waals surface area contributed by atoms with Gasteiger partial charge in [0.05, 0.1) is 4.88 Å². The Morgan fingerprint density at radius 2 is 1.70 bits per heavy atom. The van der Waals surface area contributed by atoms with Crippen molar-refractivity contribution in [3.8, 4) is 5.75 Å². The van der Waals surface area contributed by atoms with Gasteiger partial charge in [-0.15, -0.1) is 11.3 Å². The molecule has 3 aromatic rings. The first-order valence-electron chi connectivity index (χ1n) is 8.56. The summed E-state index contributed by atoms with van der Waals surface area (Å²) in [4.78, 5) is 25.7. The van der Waals surface area contributed by atoms with Crippen LogP contribution >= 0.6 is 11.3 Å². The topological polar surface area (TPSA) is 78.4 Å². The first-order chi connectivity index (χ1) is 13.1. The minimum atomic E-state index is -0.715. The maximum Gasteiger partial charge on any atom is 0.262 e. The molecule has 1 atom stereocenters. The Labute approximate surface area is 161 Å². The summed E-state index contributed by atoms with van der Waals surface area (Å²) < 4.78 is 0. The van der Waals surface area contributed by atoms with E-state index < -0.39 is 6.04 Å². The summed E-state index contributed by atoms with van der Waals surface area (Å²) in [7, 11) is 0. The van der Waals surface area contributed by atoms with Gasteiger partial charge in [-0.1, -0.05) is 54.6 Å². The Kier molecular flexibility index (Phi) is 6.22. The Morgan fingerprint density at radius 3 is 2.41 bits per heavy atom. The molecule has 0 aliphatic carbocycles. The summed E-state index contributed by atoms with van der Waals surface area (Å²) in [5.41, 5.74) is 1.57. The lowest BCUT2D eigenvalue weighted by atomic mass is 10.0. The van der Waals surface area contributed by atoms with Crippen LogP contribution in [0.2, 0.25) is 0 Å². The van der Waals surface area contributed by atoms with Crippen molar-refractivity contribution >= 4 is 23.2 Å². The second-order valence-corrected chi connectivity index (χ2v) is 6.99. The molecule has 0 bridgehead atoms. The molecule has 0 aliphatic rings. The van der Waals surface area contributed by atoms with Crippen LogP contribution in [-0.2, 0) is 17.8 Å². The SMILES string of the molecule is O=C(NC(Cc1ccccc1)C(=O)NCc1ccccc1O)c1cccs1. The van der Waals surface area contributed by atoms with Gasteiger partial charge in [-0.2, -0.15) is 0 Å². The second-order valence-electron chi connectivity index (χ2n) is 6.04. The molecule has 0 fully saturated rings. The standard InChI is InChI=1S/C21H20N2O3S/c24-18-10-5-4-9-16(18)14-22-20(25)17(13-15-7-2-1-3-8-15)23-21(26)19-11-6-12-27-19/h1-12,17,24H,13-14H2,(H,22,25)(H,23,26). The molecule has 0 aliphatic heterocycles. The fourth-order valence-corrected chi connectivity index (χ4v) is 3.29. The molecule has 1 heterocycles. The zero-order valence-electron chi connectivity index (χ0n) is 14.6. The number of hydrogen-bond donors (Lipinski definition) is 3. The van der Waals surface area contributed by atoms with E-state index in [9.17, 15) is 14.7 Å². The Bertz CT molecular complexity index is 895. The van der Waals surface area contributed by atoms with Crippen LogP contribution in [0, 0.1) is 0 Å². The van der Waals surface area contributed by atoms with Crippen LogP contribution in [-0.4, -0.2) is 23.0 Å². The lowest BCUT2D eigenvalue weighted by molar-refractivity contribution is -0.123. The third-order valence-corrected chi connectivity index (χ3v) is 4.96. The zero-order valence-corrected chi connectivity index (χ0v) is 15.4. The van der Waals surface area contributed by atoms with E-state index in [0.717, 1.165) is 5.56 Å². The molecular formula is C21H20N2O3S. The number of thiophene rings is 1. The molecule has 6 heteroatoms. The normalized spacial score (nSPS) is 11.6. The smallest absolute Gasteiger partial charge is 0.262 e. The highest BCUT2D eigenvalue weighted by atomic mass is 32.1. The van der Waals surface area contributed by atoms with Gasteiger partial charge in [0.2, 0.25) is 5.91 Å². The predicted molar refractivity (Wildman–Crippen MR) is 106 cm³/mol. The summed E-state index contributed by atoms with van der Waals surface area (Å²) in [6, 6.07) is 19.2. The summed E-state index contributed by atoms with van der Waals surface area (Å²) in [5.74, 6) is -0.448. The molecule has 5 nitrogen and oxygen atoms in total. The average Bonchev–Trinajstić information content (AvgIpc) is 3.22. The van der Waals surface area contributed by atoms with E-state index >= 15 is 0 Å². The van der Waals surface area contributed by atoms with Crippen molar-refractivity contribution in [2.24, 2.45) is 0 Å². The lowest BCUT2D eigenvalue weighted by Gasteiger charge is -2.18. The van der Waals surface area contributed by atoms with Gasteiger partial charge in [0.1, 0.15) is 11.8 Å². The first kappa shape index (κ1) is 18.7. The maximum atomic E-state index is 12.7. The summed E-state index contributed by atoms with van der Waals surface area (Å²) in [6.07, 6.45) is 0.380. The van der Waals surface area contributed by atoms with Crippen LogP contribution in [0.1, 0.15) is 20.8 Å². The van der Waals surface area contributed by atoms with Gasteiger partial charge >= 0.3 is 0 Å². The molecule has 2 amide bonds. The van der Waals surface area contributed by atoms with E-state index in [1.54, 1.807) is 36.4 Å². The van der Waals surface area contributed by atoms with Gasteiger partial charge in [0.25, 0.3) is 5.91 Å². The monoisotopic (exact) mass is 380 g/mol. The number of phenols is 1. The molecule has 1 aromatic heterocycles. The molecule has 0 spiro atoms. The molecule has 27 heavy (non-hydrogen) atoms. The van der Waals surface area contributed by atoms with Crippen LogP contribution in [0.5, 0.6) is 5.75 Å². The van der Waals surface area contributed by atoms with Crippen LogP contribution in [0.15, 0.2) is 72.1 Å². The second kappa shape index (κ2) is 9.00. The van der Waals surface area contributed by atoms with E-state index in [4.69, 9.17) is 0 Å². The molecule has 138 valence electrons. The number of phenolic OH excluding ortho intramolecular Hbond substituents is 1. The molecule has 0 saturated heterocycles. The highest BCUT2D eigenvalue weighted by Crippen LogP contribution is 2.15. The minimum Gasteiger partial charge on any atom is -0.508 e. The third kappa shape index (κ3) is 5.18. The van der Waals surface area contributed by atoms with Gasteiger partial charge < -0.3 is 15.7 Å². The maximum absolute atomic E-state index is 12.7. The van der Waals surface area contributed by atoms with Gasteiger partial charge in [0.15, 0.2) is 0 Å².